The number of fused-ring (bicyclic) bond motifs is 1. The van der Waals surface area contributed by atoms with Crippen LogP contribution in [0.1, 0.15) is 30.4 Å². The quantitative estimate of drug-likeness (QED) is 0.689. The van der Waals surface area contributed by atoms with Gasteiger partial charge in [0.05, 0.1) is 17.8 Å². The second-order valence-electron chi connectivity index (χ2n) is 7.20. The summed E-state index contributed by atoms with van der Waals surface area (Å²) < 4.78 is 13.4. The van der Waals surface area contributed by atoms with Crippen molar-refractivity contribution in [2.45, 2.75) is 31.3 Å². The molecule has 0 aliphatic carbocycles. The molecule has 1 aromatic heterocycles. The van der Waals surface area contributed by atoms with Crippen molar-refractivity contribution in [1.29, 1.82) is 5.26 Å². The smallest absolute Gasteiger partial charge is 0.146 e. The topological polar surface area (TPSA) is 43.2 Å². The third-order valence-electron chi connectivity index (χ3n) is 5.40. The normalized spacial score (nSPS) is 22.0. The van der Waals surface area contributed by atoms with E-state index in [1.807, 2.05) is 24.3 Å². The zero-order valence-electron chi connectivity index (χ0n) is 15.4. The number of hydrogen-bond donors (Lipinski definition) is 0. The molecule has 0 spiro atoms. The number of piperidine rings is 1. The second-order valence-corrected chi connectivity index (χ2v) is 7.64. The fourth-order valence-electron chi connectivity index (χ4n) is 4.10. The van der Waals surface area contributed by atoms with Crippen molar-refractivity contribution in [3.8, 4) is 17.9 Å². The van der Waals surface area contributed by atoms with Crippen molar-refractivity contribution in [2.24, 2.45) is 0 Å². The van der Waals surface area contributed by atoms with Gasteiger partial charge in [0.25, 0.3) is 0 Å². The van der Waals surface area contributed by atoms with Crippen molar-refractivity contribution in [1.82, 2.24) is 9.88 Å². The summed E-state index contributed by atoms with van der Waals surface area (Å²) in [5.41, 5.74) is 1.23. The van der Waals surface area contributed by atoms with Crippen LogP contribution in [-0.4, -0.2) is 41.6 Å². The lowest BCUT2D eigenvalue weighted by Crippen LogP contribution is -2.58. The number of piperazine rings is 1. The van der Waals surface area contributed by atoms with Gasteiger partial charge in [-0.2, -0.15) is 5.26 Å². The van der Waals surface area contributed by atoms with Gasteiger partial charge in [-0.15, -0.1) is 0 Å². The molecule has 6 heteroatoms. The molecule has 2 aliphatic rings. The van der Waals surface area contributed by atoms with E-state index in [0.717, 1.165) is 44.5 Å². The van der Waals surface area contributed by atoms with E-state index in [4.69, 9.17) is 11.6 Å². The summed E-state index contributed by atoms with van der Waals surface area (Å²) >= 11 is 6.05. The lowest BCUT2D eigenvalue weighted by atomic mass is 9.93. The number of nitrogens with zero attached hydrogens (tertiary/aromatic N) is 4. The largest absolute Gasteiger partial charge is 0.353 e. The minimum atomic E-state index is -0.479. The van der Waals surface area contributed by atoms with Crippen LogP contribution in [0.2, 0.25) is 5.02 Å². The number of pyridine rings is 1. The molecule has 0 saturated carbocycles. The van der Waals surface area contributed by atoms with E-state index in [1.54, 1.807) is 0 Å². The molecule has 28 heavy (non-hydrogen) atoms. The molecule has 0 unspecified atom stereocenters. The van der Waals surface area contributed by atoms with E-state index in [1.165, 1.54) is 12.3 Å². The molecule has 4 rings (SSSR count). The van der Waals surface area contributed by atoms with E-state index in [9.17, 15) is 9.65 Å². The zero-order valence-corrected chi connectivity index (χ0v) is 16.2. The van der Waals surface area contributed by atoms with Gasteiger partial charge in [-0.25, -0.2) is 9.37 Å². The number of anilines is 1. The highest BCUT2D eigenvalue weighted by Gasteiger charge is 2.35. The number of halogens is 2. The number of hydrogen-bond acceptors (Lipinski definition) is 4. The van der Waals surface area contributed by atoms with Crippen LogP contribution in [0.5, 0.6) is 0 Å². The fourth-order valence-corrected chi connectivity index (χ4v) is 4.29. The molecule has 4 nitrogen and oxygen atoms in total. The number of benzene rings is 1. The van der Waals surface area contributed by atoms with E-state index in [2.05, 4.69) is 32.7 Å². The Kier molecular flexibility index (Phi) is 5.48. The van der Waals surface area contributed by atoms with Gasteiger partial charge in [-0.3, -0.25) is 4.90 Å². The van der Waals surface area contributed by atoms with Crippen LogP contribution < -0.4 is 4.90 Å². The van der Waals surface area contributed by atoms with Crippen LogP contribution in [0.25, 0.3) is 0 Å². The van der Waals surface area contributed by atoms with Crippen LogP contribution >= 0.6 is 11.6 Å². The predicted octanol–water partition coefficient (Wildman–Crippen LogP) is 3.84. The maximum atomic E-state index is 13.4. The van der Waals surface area contributed by atoms with Crippen molar-refractivity contribution in [3.63, 3.8) is 0 Å². The Morgan fingerprint density at radius 3 is 2.93 bits per heavy atom. The number of aromatic nitrogens is 1. The summed E-state index contributed by atoms with van der Waals surface area (Å²) in [5.74, 6) is 6.80. The highest BCUT2D eigenvalue weighted by molar-refractivity contribution is 6.30. The van der Waals surface area contributed by atoms with Crippen molar-refractivity contribution >= 4 is 17.4 Å². The van der Waals surface area contributed by atoms with Gasteiger partial charge in [-0.1, -0.05) is 29.5 Å². The van der Waals surface area contributed by atoms with Crippen LogP contribution in [0.15, 0.2) is 36.5 Å². The first kappa shape index (κ1) is 18.7. The molecule has 3 heterocycles. The molecular formula is C22H20ClFN4. The number of nitriles is 1. The molecule has 2 aromatic rings. The summed E-state index contributed by atoms with van der Waals surface area (Å²) in [6, 6.07) is 11.5. The second kappa shape index (κ2) is 8.19. The van der Waals surface area contributed by atoms with Crippen LogP contribution in [0, 0.1) is 29.0 Å². The molecule has 142 valence electrons. The van der Waals surface area contributed by atoms with Gasteiger partial charge in [0.15, 0.2) is 0 Å². The molecule has 0 bridgehead atoms. The number of rotatable bonds is 1. The van der Waals surface area contributed by atoms with Crippen LogP contribution in [-0.2, 0) is 0 Å². The highest BCUT2D eigenvalue weighted by atomic mass is 35.5. The lowest BCUT2D eigenvalue weighted by Gasteiger charge is -2.47. The van der Waals surface area contributed by atoms with Crippen molar-refractivity contribution in [3.05, 3.63) is 58.5 Å². The van der Waals surface area contributed by atoms with Gasteiger partial charge in [-0.05, 0) is 43.5 Å². The SMILES string of the molecule is N#Cc1cc(F)cnc1N1CCN2[C@@H](CCC[C@@H]2C#Cc2cccc(Cl)c2)C1. The predicted molar refractivity (Wildman–Crippen MR) is 108 cm³/mol. The molecule has 2 atom stereocenters. The molecule has 2 saturated heterocycles. The molecular weight excluding hydrogens is 375 g/mol. The third kappa shape index (κ3) is 3.97. The average Bonchev–Trinajstić information content (AvgIpc) is 2.71. The molecule has 0 N–H and O–H groups in total. The molecule has 2 aliphatic heterocycles. The minimum absolute atomic E-state index is 0.219. The first-order valence-electron chi connectivity index (χ1n) is 9.47. The summed E-state index contributed by atoms with van der Waals surface area (Å²) in [5, 5.41) is 10.0. The van der Waals surface area contributed by atoms with E-state index in [-0.39, 0.29) is 6.04 Å². The lowest BCUT2D eigenvalue weighted by molar-refractivity contribution is 0.100. The first-order valence-corrected chi connectivity index (χ1v) is 9.85. The minimum Gasteiger partial charge on any atom is -0.353 e. The van der Waals surface area contributed by atoms with E-state index < -0.39 is 5.82 Å². The van der Waals surface area contributed by atoms with Gasteiger partial charge in [0.2, 0.25) is 0 Å². The van der Waals surface area contributed by atoms with E-state index in [0.29, 0.717) is 22.4 Å². The summed E-state index contributed by atoms with van der Waals surface area (Å²) in [6.07, 6.45) is 4.45. The first-order chi connectivity index (χ1) is 13.6. The summed E-state index contributed by atoms with van der Waals surface area (Å²) in [7, 11) is 0. The molecule has 1 aromatic carbocycles. The molecule has 0 amide bonds. The molecule has 2 fully saturated rings. The Balaban J connectivity index is 1.50. The monoisotopic (exact) mass is 394 g/mol. The van der Waals surface area contributed by atoms with Gasteiger partial charge < -0.3 is 4.90 Å². The maximum absolute atomic E-state index is 13.4. The summed E-state index contributed by atoms with van der Waals surface area (Å²) in [6.45, 7) is 2.38. The Morgan fingerprint density at radius 2 is 2.11 bits per heavy atom. The van der Waals surface area contributed by atoms with Gasteiger partial charge >= 0.3 is 0 Å². The standard InChI is InChI=1S/C22H20ClFN4/c23-18-4-1-3-16(11-18)7-8-20-5-2-6-21-15-27(9-10-28(20)21)22-17(13-25)12-19(24)14-26-22/h1,3-4,11-12,14,20-21H,2,5-6,9-10,15H2/t20-,21+/m1/s1. The fraction of sp³-hybridized carbons (Fsp3) is 0.364. The Hall–Kier alpha value is -2.60. The Bertz CT molecular complexity index is 974. The maximum Gasteiger partial charge on any atom is 0.146 e. The zero-order chi connectivity index (χ0) is 19.5. The van der Waals surface area contributed by atoms with Gasteiger partial charge in [0.1, 0.15) is 17.7 Å². The Labute approximate surface area is 169 Å². The van der Waals surface area contributed by atoms with Gasteiger partial charge in [0, 0.05) is 36.3 Å². The van der Waals surface area contributed by atoms with Crippen molar-refractivity contribution in [2.75, 3.05) is 24.5 Å². The Morgan fingerprint density at radius 1 is 1.21 bits per heavy atom. The van der Waals surface area contributed by atoms with Crippen molar-refractivity contribution < 1.29 is 4.39 Å². The van der Waals surface area contributed by atoms with Crippen LogP contribution in [0.4, 0.5) is 10.2 Å². The average molecular weight is 395 g/mol. The highest BCUT2D eigenvalue weighted by Crippen LogP contribution is 2.29. The summed E-state index contributed by atoms with van der Waals surface area (Å²) in [4.78, 5) is 8.75. The van der Waals surface area contributed by atoms with E-state index >= 15 is 0 Å². The van der Waals surface area contributed by atoms with Crippen LogP contribution in [0.3, 0.4) is 0 Å². The molecule has 0 radical (unpaired) electrons. The third-order valence-corrected chi connectivity index (χ3v) is 5.64.